The van der Waals surface area contributed by atoms with Crippen molar-refractivity contribution in [3.05, 3.63) is 29.3 Å². The Labute approximate surface area is 144 Å². The van der Waals surface area contributed by atoms with Crippen molar-refractivity contribution < 1.29 is 28.8 Å². The zero-order valence-electron chi connectivity index (χ0n) is 14.8. The van der Waals surface area contributed by atoms with Crippen LogP contribution in [0.25, 0.3) is 0 Å². The average Bonchev–Trinajstić information content (AvgIpc) is 2.57. The Kier molecular flexibility index (Phi) is 12.3. The molecule has 0 unspecified atom stereocenters. The molecule has 6 heteroatoms. The molecule has 0 aliphatic rings. The zero-order valence-corrected chi connectivity index (χ0v) is 14.8. The molecule has 0 spiro atoms. The SMILES string of the molecule is Cc1ccc(OCCOCCOCCOCCOCCO)c(C)c1. The summed E-state index contributed by atoms with van der Waals surface area (Å²) >= 11 is 0. The van der Waals surface area contributed by atoms with Gasteiger partial charge in [-0.2, -0.15) is 0 Å². The van der Waals surface area contributed by atoms with Crippen LogP contribution < -0.4 is 4.74 Å². The standard InChI is InChI=1S/C18H30O6/c1-16-3-4-18(17(2)15-16)24-14-13-23-12-11-22-10-9-21-8-7-20-6-5-19/h3-4,15,19H,5-14H2,1-2H3. The summed E-state index contributed by atoms with van der Waals surface area (Å²) in [5.41, 5.74) is 2.37. The molecule has 0 heterocycles. The first-order chi connectivity index (χ1) is 11.7. The summed E-state index contributed by atoms with van der Waals surface area (Å²) in [7, 11) is 0. The molecule has 1 rings (SSSR count). The predicted molar refractivity (Wildman–Crippen MR) is 91.8 cm³/mol. The minimum atomic E-state index is 0.0405. The molecular formula is C18H30O6. The van der Waals surface area contributed by atoms with Crippen molar-refractivity contribution in [3.63, 3.8) is 0 Å². The van der Waals surface area contributed by atoms with Gasteiger partial charge >= 0.3 is 0 Å². The lowest BCUT2D eigenvalue weighted by Gasteiger charge is -2.10. The largest absolute Gasteiger partial charge is 0.491 e. The molecule has 0 radical (unpaired) electrons. The van der Waals surface area contributed by atoms with Crippen molar-refractivity contribution in [3.8, 4) is 5.75 Å². The van der Waals surface area contributed by atoms with Crippen LogP contribution in [0.3, 0.4) is 0 Å². The molecule has 1 aromatic rings. The summed E-state index contributed by atoms with van der Waals surface area (Å²) in [6.07, 6.45) is 0. The number of hydrogen-bond donors (Lipinski definition) is 1. The monoisotopic (exact) mass is 342 g/mol. The van der Waals surface area contributed by atoms with Gasteiger partial charge in [0.1, 0.15) is 12.4 Å². The molecule has 0 aliphatic carbocycles. The van der Waals surface area contributed by atoms with Crippen LogP contribution in [-0.2, 0) is 18.9 Å². The van der Waals surface area contributed by atoms with Gasteiger partial charge in [-0.15, -0.1) is 0 Å². The average molecular weight is 342 g/mol. The molecule has 138 valence electrons. The van der Waals surface area contributed by atoms with Gasteiger partial charge in [0, 0.05) is 0 Å². The highest BCUT2D eigenvalue weighted by molar-refractivity contribution is 5.35. The highest BCUT2D eigenvalue weighted by atomic mass is 16.6. The van der Waals surface area contributed by atoms with E-state index in [-0.39, 0.29) is 6.61 Å². The maximum atomic E-state index is 8.52. The van der Waals surface area contributed by atoms with Crippen LogP contribution in [-0.4, -0.2) is 71.2 Å². The highest BCUT2D eigenvalue weighted by Gasteiger charge is 1.99. The van der Waals surface area contributed by atoms with Gasteiger partial charge in [-0.25, -0.2) is 0 Å². The normalized spacial score (nSPS) is 11.0. The summed E-state index contributed by atoms with van der Waals surface area (Å²) in [5.74, 6) is 0.903. The molecule has 0 atom stereocenters. The van der Waals surface area contributed by atoms with E-state index in [4.69, 9.17) is 28.8 Å². The maximum Gasteiger partial charge on any atom is 0.122 e. The summed E-state index contributed by atoms with van der Waals surface area (Å²) in [4.78, 5) is 0. The van der Waals surface area contributed by atoms with E-state index < -0.39 is 0 Å². The minimum Gasteiger partial charge on any atom is -0.491 e. The van der Waals surface area contributed by atoms with E-state index in [1.165, 1.54) is 5.56 Å². The Morgan fingerprint density at radius 1 is 0.708 bits per heavy atom. The first-order valence-electron chi connectivity index (χ1n) is 8.36. The second kappa shape index (κ2) is 14.2. The van der Waals surface area contributed by atoms with Gasteiger partial charge in [0.15, 0.2) is 0 Å². The van der Waals surface area contributed by atoms with Crippen LogP contribution in [0.5, 0.6) is 5.75 Å². The number of benzene rings is 1. The zero-order chi connectivity index (χ0) is 17.5. The number of aryl methyl sites for hydroxylation is 2. The van der Waals surface area contributed by atoms with Crippen molar-refractivity contribution >= 4 is 0 Å². The van der Waals surface area contributed by atoms with Gasteiger partial charge < -0.3 is 28.8 Å². The second-order valence-corrected chi connectivity index (χ2v) is 5.29. The molecule has 0 aliphatic heterocycles. The van der Waals surface area contributed by atoms with Crippen molar-refractivity contribution in [1.29, 1.82) is 0 Å². The molecule has 0 bridgehead atoms. The van der Waals surface area contributed by atoms with E-state index in [0.29, 0.717) is 59.5 Å². The van der Waals surface area contributed by atoms with Gasteiger partial charge in [-0.3, -0.25) is 0 Å². The molecule has 0 saturated carbocycles. The lowest BCUT2D eigenvalue weighted by Crippen LogP contribution is -2.14. The Bertz CT molecular complexity index is 424. The Hall–Kier alpha value is -1.18. The van der Waals surface area contributed by atoms with Crippen LogP contribution >= 0.6 is 0 Å². The number of hydrogen-bond acceptors (Lipinski definition) is 6. The third kappa shape index (κ3) is 10.6. The van der Waals surface area contributed by atoms with Crippen LogP contribution in [0.4, 0.5) is 0 Å². The van der Waals surface area contributed by atoms with Crippen LogP contribution in [0.1, 0.15) is 11.1 Å². The molecule has 0 fully saturated rings. The van der Waals surface area contributed by atoms with Gasteiger partial charge in [-0.05, 0) is 25.5 Å². The highest BCUT2D eigenvalue weighted by Crippen LogP contribution is 2.18. The topological polar surface area (TPSA) is 66.4 Å². The fraction of sp³-hybridized carbons (Fsp3) is 0.667. The fourth-order valence-corrected chi connectivity index (χ4v) is 2.00. The molecule has 0 amide bonds. The number of aliphatic hydroxyl groups excluding tert-OH is 1. The second-order valence-electron chi connectivity index (χ2n) is 5.29. The van der Waals surface area contributed by atoms with Crippen LogP contribution in [0, 0.1) is 13.8 Å². The first-order valence-corrected chi connectivity index (χ1v) is 8.36. The van der Waals surface area contributed by atoms with E-state index in [1.54, 1.807) is 0 Å². The quantitative estimate of drug-likeness (QED) is 0.490. The van der Waals surface area contributed by atoms with Gasteiger partial charge in [0.05, 0.1) is 59.5 Å². The van der Waals surface area contributed by atoms with E-state index in [0.717, 1.165) is 11.3 Å². The smallest absolute Gasteiger partial charge is 0.122 e. The van der Waals surface area contributed by atoms with E-state index in [2.05, 4.69) is 13.0 Å². The lowest BCUT2D eigenvalue weighted by molar-refractivity contribution is -0.00780. The molecule has 24 heavy (non-hydrogen) atoms. The summed E-state index contributed by atoms with van der Waals surface area (Å²) in [6, 6.07) is 6.13. The van der Waals surface area contributed by atoms with Crippen molar-refractivity contribution in [1.82, 2.24) is 0 Å². The summed E-state index contributed by atoms with van der Waals surface area (Å²) < 4.78 is 26.9. The van der Waals surface area contributed by atoms with Crippen molar-refractivity contribution in [2.24, 2.45) is 0 Å². The molecule has 0 saturated heterocycles. The van der Waals surface area contributed by atoms with E-state index in [9.17, 15) is 0 Å². The van der Waals surface area contributed by atoms with Gasteiger partial charge in [-0.1, -0.05) is 17.7 Å². The Balaban J connectivity index is 1.84. The third-order valence-corrected chi connectivity index (χ3v) is 3.17. The van der Waals surface area contributed by atoms with Gasteiger partial charge in [0.2, 0.25) is 0 Å². The van der Waals surface area contributed by atoms with Crippen molar-refractivity contribution in [2.45, 2.75) is 13.8 Å². The summed E-state index contributed by atoms with van der Waals surface area (Å²) in [5, 5.41) is 8.52. The number of rotatable bonds is 15. The lowest BCUT2D eigenvalue weighted by atomic mass is 10.1. The third-order valence-electron chi connectivity index (χ3n) is 3.17. The fourth-order valence-electron chi connectivity index (χ4n) is 2.00. The minimum absolute atomic E-state index is 0.0405. The van der Waals surface area contributed by atoms with E-state index in [1.807, 2.05) is 19.1 Å². The predicted octanol–water partition coefficient (Wildman–Crippen LogP) is 1.74. The molecule has 1 N–H and O–H groups in total. The number of aliphatic hydroxyl groups is 1. The van der Waals surface area contributed by atoms with Crippen LogP contribution in [0.15, 0.2) is 18.2 Å². The summed E-state index contributed by atoms with van der Waals surface area (Å²) in [6.45, 7) is 8.69. The number of ether oxygens (including phenoxy) is 5. The van der Waals surface area contributed by atoms with Crippen molar-refractivity contribution in [2.75, 3.05) is 66.1 Å². The molecule has 0 aromatic heterocycles. The van der Waals surface area contributed by atoms with Crippen LogP contribution in [0.2, 0.25) is 0 Å². The Morgan fingerprint density at radius 3 is 1.71 bits per heavy atom. The van der Waals surface area contributed by atoms with Gasteiger partial charge in [0.25, 0.3) is 0 Å². The maximum absolute atomic E-state index is 8.52. The Morgan fingerprint density at radius 2 is 1.21 bits per heavy atom. The molecule has 6 nitrogen and oxygen atoms in total. The molecular weight excluding hydrogens is 312 g/mol. The molecule has 1 aromatic carbocycles. The van der Waals surface area contributed by atoms with E-state index >= 15 is 0 Å². The first kappa shape index (κ1) is 20.9.